The molecule has 7 heteroatoms. The molecule has 1 heterocycles. The minimum atomic E-state index is -0.664. The van der Waals surface area contributed by atoms with Gasteiger partial charge in [0.2, 0.25) is 0 Å². The molecule has 0 saturated carbocycles. The average molecular weight is 393 g/mol. The molecule has 1 amide bonds. The molecule has 7 nitrogen and oxygen atoms in total. The molecule has 1 N–H and O–H groups in total. The van der Waals surface area contributed by atoms with E-state index in [0.717, 1.165) is 17.1 Å². The number of anilines is 1. The monoisotopic (exact) mass is 393 g/mol. The molecular formula is C22H23N3O4. The highest BCUT2D eigenvalue weighted by atomic mass is 16.5. The fraction of sp³-hybridized carbons (Fsp3) is 0.227. The van der Waals surface area contributed by atoms with Gasteiger partial charge in [-0.1, -0.05) is 0 Å². The van der Waals surface area contributed by atoms with Crippen molar-refractivity contribution in [3.63, 3.8) is 0 Å². The van der Waals surface area contributed by atoms with Crippen molar-refractivity contribution in [1.29, 1.82) is 0 Å². The standard InChI is InChI=1S/C22H23N3O4/c1-14-13-15(2)24-22(23-14)29-20-7-5-17(6-8-20)25-21(26)16(3)28-19-11-9-18(27-4)10-12-19/h5-13,16H,1-4H3,(H,25,26). The van der Waals surface area contributed by atoms with Crippen LogP contribution in [-0.2, 0) is 4.79 Å². The number of carbonyl (C=O) groups is 1. The van der Waals surface area contributed by atoms with Gasteiger partial charge < -0.3 is 19.5 Å². The second-order valence-electron chi connectivity index (χ2n) is 6.48. The maximum absolute atomic E-state index is 12.4. The number of nitrogens with one attached hydrogen (secondary N) is 1. The molecule has 0 aliphatic heterocycles. The fourth-order valence-corrected chi connectivity index (χ4v) is 2.61. The minimum Gasteiger partial charge on any atom is -0.497 e. The summed E-state index contributed by atoms with van der Waals surface area (Å²) in [5, 5.41) is 2.82. The number of aromatic nitrogens is 2. The Labute approximate surface area is 169 Å². The summed E-state index contributed by atoms with van der Waals surface area (Å²) in [5.74, 6) is 1.64. The van der Waals surface area contributed by atoms with Crippen LogP contribution < -0.4 is 19.5 Å². The molecule has 29 heavy (non-hydrogen) atoms. The third kappa shape index (κ3) is 5.68. The van der Waals surface area contributed by atoms with Crippen molar-refractivity contribution in [3.8, 4) is 23.3 Å². The molecule has 0 saturated heterocycles. The minimum absolute atomic E-state index is 0.257. The SMILES string of the molecule is COc1ccc(OC(C)C(=O)Nc2ccc(Oc3nc(C)cc(C)n3)cc2)cc1. The number of carbonyl (C=O) groups excluding carboxylic acids is 1. The zero-order valence-electron chi connectivity index (χ0n) is 16.8. The van der Waals surface area contributed by atoms with E-state index < -0.39 is 6.10 Å². The van der Waals surface area contributed by atoms with Gasteiger partial charge >= 0.3 is 6.01 Å². The molecule has 0 spiro atoms. The number of amides is 1. The second kappa shape index (κ2) is 9.05. The van der Waals surface area contributed by atoms with E-state index in [9.17, 15) is 4.79 Å². The lowest BCUT2D eigenvalue weighted by Crippen LogP contribution is -2.30. The van der Waals surface area contributed by atoms with Gasteiger partial charge in [0.15, 0.2) is 6.10 Å². The highest BCUT2D eigenvalue weighted by Gasteiger charge is 2.15. The Morgan fingerprint density at radius 2 is 1.45 bits per heavy atom. The van der Waals surface area contributed by atoms with Crippen LogP contribution in [0.15, 0.2) is 54.6 Å². The maximum Gasteiger partial charge on any atom is 0.322 e. The first-order valence-corrected chi connectivity index (χ1v) is 9.15. The van der Waals surface area contributed by atoms with Gasteiger partial charge in [-0.2, -0.15) is 0 Å². The van der Waals surface area contributed by atoms with Gasteiger partial charge in [0, 0.05) is 17.1 Å². The molecule has 0 fully saturated rings. The number of methoxy groups -OCH3 is 1. The Kier molecular flexibility index (Phi) is 6.29. The van der Waals surface area contributed by atoms with Crippen LogP contribution in [0.4, 0.5) is 5.69 Å². The predicted octanol–water partition coefficient (Wildman–Crippen LogP) is 4.30. The zero-order valence-corrected chi connectivity index (χ0v) is 16.8. The molecule has 0 aliphatic rings. The van der Waals surface area contributed by atoms with E-state index in [4.69, 9.17) is 14.2 Å². The maximum atomic E-state index is 12.4. The molecule has 1 atom stereocenters. The molecule has 0 aliphatic carbocycles. The van der Waals surface area contributed by atoms with Crippen LogP contribution in [0.2, 0.25) is 0 Å². The number of rotatable bonds is 7. The molecule has 150 valence electrons. The van der Waals surface area contributed by atoms with Crippen LogP contribution in [0.25, 0.3) is 0 Å². The summed E-state index contributed by atoms with van der Waals surface area (Å²) >= 11 is 0. The Balaban J connectivity index is 1.57. The largest absolute Gasteiger partial charge is 0.497 e. The number of benzene rings is 2. The van der Waals surface area contributed by atoms with Gasteiger partial charge in [-0.3, -0.25) is 4.79 Å². The number of hydrogen-bond donors (Lipinski definition) is 1. The van der Waals surface area contributed by atoms with E-state index >= 15 is 0 Å². The molecule has 1 unspecified atom stereocenters. The van der Waals surface area contributed by atoms with Crippen molar-refractivity contribution >= 4 is 11.6 Å². The Morgan fingerprint density at radius 1 is 0.897 bits per heavy atom. The van der Waals surface area contributed by atoms with E-state index in [1.165, 1.54) is 0 Å². The summed E-state index contributed by atoms with van der Waals surface area (Å²) in [6, 6.07) is 16.2. The van der Waals surface area contributed by atoms with Gasteiger partial charge in [0.05, 0.1) is 7.11 Å². The van der Waals surface area contributed by atoms with Crippen LogP contribution in [0.5, 0.6) is 23.3 Å². The van der Waals surface area contributed by atoms with Gasteiger partial charge in [0.1, 0.15) is 17.2 Å². The van der Waals surface area contributed by atoms with Crippen molar-refractivity contribution in [3.05, 3.63) is 66.0 Å². The van der Waals surface area contributed by atoms with Crippen LogP contribution in [-0.4, -0.2) is 29.1 Å². The molecule has 0 radical (unpaired) electrons. The Hall–Kier alpha value is -3.61. The van der Waals surface area contributed by atoms with Crippen molar-refractivity contribution < 1.29 is 19.0 Å². The van der Waals surface area contributed by atoms with Gasteiger partial charge in [-0.15, -0.1) is 0 Å². The van der Waals surface area contributed by atoms with E-state index in [1.807, 2.05) is 19.9 Å². The highest BCUT2D eigenvalue weighted by molar-refractivity contribution is 5.94. The molecule has 1 aromatic heterocycles. The topological polar surface area (TPSA) is 82.6 Å². The normalized spacial score (nSPS) is 11.4. The van der Waals surface area contributed by atoms with Crippen LogP contribution >= 0.6 is 0 Å². The van der Waals surface area contributed by atoms with Crippen LogP contribution in [0.1, 0.15) is 18.3 Å². The third-order valence-electron chi connectivity index (χ3n) is 4.03. The van der Waals surface area contributed by atoms with Gasteiger partial charge in [0.25, 0.3) is 5.91 Å². The van der Waals surface area contributed by atoms with Crippen LogP contribution in [0.3, 0.4) is 0 Å². The summed E-state index contributed by atoms with van der Waals surface area (Å²) in [4.78, 5) is 20.9. The van der Waals surface area contributed by atoms with Crippen molar-refractivity contribution in [2.75, 3.05) is 12.4 Å². The van der Waals surface area contributed by atoms with Crippen molar-refractivity contribution in [1.82, 2.24) is 9.97 Å². The Bertz CT molecular complexity index is 952. The van der Waals surface area contributed by atoms with Crippen molar-refractivity contribution in [2.24, 2.45) is 0 Å². The van der Waals surface area contributed by atoms with Gasteiger partial charge in [-0.25, -0.2) is 9.97 Å². The van der Waals surface area contributed by atoms with E-state index in [1.54, 1.807) is 62.6 Å². The molecule has 0 bridgehead atoms. The van der Waals surface area contributed by atoms with Crippen LogP contribution in [0, 0.1) is 13.8 Å². The summed E-state index contributed by atoms with van der Waals surface area (Å²) in [7, 11) is 1.59. The first-order valence-electron chi connectivity index (χ1n) is 9.15. The number of nitrogens with zero attached hydrogens (tertiary/aromatic N) is 2. The smallest absolute Gasteiger partial charge is 0.322 e. The lowest BCUT2D eigenvalue weighted by atomic mass is 10.2. The molecule has 3 rings (SSSR count). The lowest BCUT2D eigenvalue weighted by Gasteiger charge is -2.15. The average Bonchev–Trinajstić information content (AvgIpc) is 2.69. The van der Waals surface area contributed by atoms with E-state index in [-0.39, 0.29) is 5.91 Å². The summed E-state index contributed by atoms with van der Waals surface area (Å²) in [6.45, 7) is 5.46. The highest BCUT2D eigenvalue weighted by Crippen LogP contribution is 2.22. The molecule has 2 aromatic carbocycles. The number of ether oxygens (including phenoxy) is 3. The quantitative estimate of drug-likeness (QED) is 0.644. The molecular weight excluding hydrogens is 370 g/mol. The fourth-order valence-electron chi connectivity index (χ4n) is 2.61. The summed E-state index contributed by atoms with van der Waals surface area (Å²) in [5.41, 5.74) is 2.30. The predicted molar refractivity (Wildman–Crippen MR) is 110 cm³/mol. The molecule has 3 aromatic rings. The van der Waals surface area contributed by atoms with E-state index in [0.29, 0.717) is 23.2 Å². The first kappa shape index (κ1) is 20.1. The lowest BCUT2D eigenvalue weighted by molar-refractivity contribution is -0.122. The summed E-state index contributed by atoms with van der Waals surface area (Å²) in [6.07, 6.45) is -0.664. The summed E-state index contributed by atoms with van der Waals surface area (Å²) < 4.78 is 16.4. The Morgan fingerprint density at radius 3 is 2.03 bits per heavy atom. The number of hydrogen-bond acceptors (Lipinski definition) is 6. The van der Waals surface area contributed by atoms with Gasteiger partial charge in [-0.05, 0) is 75.4 Å². The van der Waals surface area contributed by atoms with E-state index in [2.05, 4.69) is 15.3 Å². The second-order valence-corrected chi connectivity index (χ2v) is 6.48. The van der Waals surface area contributed by atoms with Crippen molar-refractivity contribution in [2.45, 2.75) is 26.9 Å². The number of aryl methyl sites for hydroxylation is 2. The third-order valence-corrected chi connectivity index (χ3v) is 4.03. The zero-order chi connectivity index (χ0) is 20.8. The first-order chi connectivity index (χ1) is 13.9.